The van der Waals surface area contributed by atoms with Crippen molar-refractivity contribution in [1.29, 1.82) is 0 Å². The Kier molecular flexibility index (Phi) is 9.21. The van der Waals surface area contributed by atoms with Crippen molar-refractivity contribution < 1.29 is 9.52 Å². The molecule has 0 bridgehead atoms. The molecule has 154 valence electrons. The number of hydrogen-bond acceptors (Lipinski definition) is 3. The summed E-state index contributed by atoms with van der Waals surface area (Å²) >= 11 is 0. The minimum Gasteiger partial charge on any atom is -0.467 e. The lowest BCUT2D eigenvalue weighted by atomic mass is 9.87. The number of furan rings is 1. The minimum absolute atomic E-state index is 0. The number of hydrogen-bond donors (Lipinski definition) is 3. The van der Waals surface area contributed by atoms with Gasteiger partial charge >= 0.3 is 0 Å². The fourth-order valence-corrected chi connectivity index (χ4v) is 3.08. The van der Waals surface area contributed by atoms with Gasteiger partial charge in [0.15, 0.2) is 5.96 Å². The van der Waals surface area contributed by atoms with E-state index >= 15 is 0 Å². The average molecular weight is 505 g/mol. The van der Waals surface area contributed by atoms with Gasteiger partial charge in [-0.25, -0.2) is 4.99 Å². The Labute approximate surface area is 189 Å². The molecule has 3 rings (SSSR count). The Balaban J connectivity index is 0.00000300. The lowest BCUT2D eigenvalue weighted by molar-refractivity contribution is 0.0414. The second-order valence-corrected chi connectivity index (χ2v) is 6.69. The Morgan fingerprint density at radius 2 is 1.66 bits per heavy atom. The first kappa shape index (κ1) is 23.0. The van der Waals surface area contributed by atoms with Crippen LogP contribution < -0.4 is 10.6 Å². The van der Waals surface area contributed by atoms with Crippen molar-refractivity contribution in [2.75, 3.05) is 13.1 Å². The number of halogens is 1. The molecule has 1 atom stereocenters. The third kappa shape index (κ3) is 6.90. The van der Waals surface area contributed by atoms with Gasteiger partial charge in [0.2, 0.25) is 0 Å². The third-order valence-corrected chi connectivity index (χ3v) is 4.52. The van der Waals surface area contributed by atoms with Crippen LogP contribution in [0.2, 0.25) is 0 Å². The lowest BCUT2D eigenvalue weighted by Gasteiger charge is -2.30. The van der Waals surface area contributed by atoms with Crippen LogP contribution in [-0.4, -0.2) is 24.2 Å². The molecule has 0 radical (unpaired) electrons. The molecule has 5 nitrogen and oxygen atoms in total. The molecule has 0 aliphatic rings. The summed E-state index contributed by atoms with van der Waals surface area (Å²) in [6, 6.07) is 23.5. The van der Waals surface area contributed by atoms with E-state index in [2.05, 4.69) is 15.6 Å². The Hall–Kier alpha value is -2.32. The number of benzene rings is 2. The number of nitrogens with one attached hydrogen (secondary N) is 2. The molecule has 1 aromatic heterocycles. The van der Waals surface area contributed by atoms with E-state index in [0.29, 0.717) is 25.5 Å². The second-order valence-electron chi connectivity index (χ2n) is 6.69. The zero-order valence-corrected chi connectivity index (χ0v) is 18.9. The quantitative estimate of drug-likeness (QED) is 0.245. The van der Waals surface area contributed by atoms with E-state index in [1.807, 2.05) is 79.7 Å². The van der Waals surface area contributed by atoms with Crippen LogP contribution in [-0.2, 0) is 18.6 Å². The van der Waals surface area contributed by atoms with Gasteiger partial charge in [-0.15, -0.1) is 24.0 Å². The second kappa shape index (κ2) is 11.6. The van der Waals surface area contributed by atoms with Crippen LogP contribution >= 0.6 is 24.0 Å². The van der Waals surface area contributed by atoms with Crippen LogP contribution in [0.4, 0.5) is 0 Å². The van der Waals surface area contributed by atoms with Crippen molar-refractivity contribution in [2.45, 2.75) is 25.5 Å². The van der Waals surface area contributed by atoms with E-state index in [1.54, 1.807) is 6.26 Å². The van der Waals surface area contributed by atoms with Crippen molar-refractivity contribution >= 4 is 29.9 Å². The van der Waals surface area contributed by atoms with E-state index in [-0.39, 0.29) is 24.0 Å². The molecule has 0 aliphatic carbocycles. The van der Waals surface area contributed by atoms with Gasteiger partial charge in [-0.3, -0.25) is 0 Å². The van der Waals surface area contributed by atoms with Crippen LogP contribution in [0.3, 0.4) is 0 Å². The van der Waals surface area contributed by atoms with Gasteiger partial charge in [-0.1, -0.05) is 60.7 Å². The largest absolute Gasteiger partial charge is 0.467 e. The van der Waals surface area contributed by atoms with Gasteiger partial charge in [-0.05, 0) is 30.2 Å². The van der Waals surface area contributed by atoms with Gasteiger partial charge in [-0.2, -0.15) is 0 Å². The standard InChI is InChI=1S/C23H27N3O2.HI/c1-2-24-22(25-17-21-14-9-15-28-21)26-18-23(27,20-12-7-4-8-13-20)16-19-10-5-3-6-11-19;/h3-15,27H,2,16-18H2,1H3,(H2,24,25,26);1H. The van der Waals surface area contributed by atoms with E-state index in [0.717, 1.165) is 23.4 Å². The molecule has 0 spiro atoms. The molecule has 0 saturated heterocycles. The zero-order valence-electron chi connectivity index (χ0n) is 16.5. The number of aliphatic hydroxyl groups is 1. The monoisotopic (exact) mass is 505 g/mol. The van der Waals surface area contributed by atoms with Crippen LogP contribution in [0, 0.1) is 0 Å². The summed E-state index contributed by atoms with van der Waals surface area (Å²) in [4.78, 5) is 4.55. The first-order valence-electron chi connectivity index (χ1n) is 9.56. The fourth-order valence-electron chi connectivity index (χ4n) is 3.08. The summed E-state index contributed by atoms with van der Waals surface area (Å²) < 4.78 is 5.34. The predicted molar refractivity (Wildman–Crippen MR) is 127 cm³/mol. The zero-order chi connectivity index (χ0) is 19.7. The van der Waals surface area contributed by atoms with Gasteiger partial charge in [0.25, 0.3) is 0 Å². The topological polar surface area (TPSA) is 69.8 Å². The van der Waals surface area contributed by atoms with Gasteiger partial charge < -0.3 is 20.2 Å². The summed E-state index contributed by atoms with van der Waals surface area (Å²) in [5, 5.41) is 18.1. The molecule has 0 aliphatic heterocycles. The molecular formula is C23H28IN3O2. The molecular weight excluding hydrogens is 477 g/mol. The molecule has 0 saturated carbocycles. The molecule has 6 heteroatoms. The summed E-state index contributed by atoms with van der Waals surface area (Å²) in [7, 11) is 0. The average Bonchev–Trinajstić information content (AvgIpc) is 3.25. The van der Waals surface area contributed by atoms with Crippen molar-refractivity contribution in [1.82, 2.24) is 10.6 Å². The normalized spacial score (nSPS) is 13.2. The SMILES string of the molecule is CCNC(=NCc1ccco1)NCC(O)(Cc1ccccc1)c1ccccc1.I. The molecule has 0 amide bonds. The molecule has 1 unspecified atom stereocenters. The molecule has 0 fully saturated rings. The summed E-state index contributed by atoms with van der Waals surface area (Å²) in [6.45, 7) is 3.50. The number of rotatable bonds is 8. The highest BCUT2D eigenvalue weighted by Gasteiger charge is 2.29. The van der Waals surface area contributed by atoms with Crippen LogP contribution in [0.25, 0.3) is 0 Å². The van der Waals surface area contributed by atoms with Crippen LogP contribution in [0.1, 0.15) is 23.8 Å². The minimum atomic E-state index is -1.07. The van der Waals surface area contributed by atoms with Gasteiger partial charge in [0.1, 0.15) is 17.9 Å². The summed E-state index contributed by atoms with van der Waals surface area (Å²) in [5.41, 5.74) is 0.880. The Morgan fingerprint density at radius 3 is 2.28 bits per heavy atom. The maximum Gasteiger partial charge on any atom is 0.191 e. The maximum absolute atomic E-state index is 11.5. The Bertz CT molecular complexity index is 854. The highest BCUT2D eigenvalue weighted by Crippen LogP contribution is 2.25. The summed E-state index contributed by atoms with van der Waals surface area (Å²) in [6.07, 6.45) is 2.14. The highest BCUT2D eigenvalue weighted by molar-refractivity contribution is 14.0. The first-order valence-corrected chi connectivity index (χ1v) is 9.56. The number of aliphatic imine (C=N–C) groups is 1. The summed E-state index contributed by atoms with van der Waals surface area (Å²) in [5.74, 6) is 1.43. The molecule has 1 heterocycles. The molecule has 3 N–H and O–H groups in total. The predicted octanol–water partition coefficient (Wildman–Crippen LogP) is 4.08. The first-order chi connectivity index (χ1) is 13.7. The van der Waals surface area contributed by atoms with Gasteiger partial charge in [0.05, 0.1) is 12.8 Å². The molecule has 3 aromatic rings. The highest BCUT2D eigenvalue weighted by atomic mass is 127. The third-order valence-electron chi connectivity index (χ3n) is 4.52. The van der Waals surface area contributed by atoms with Crippen molar-refractivity contribution in [3.63, 3.8) is 0 Å². The molecule has 29 heavy (non-hydrogen) atoms. The van der Waals surface area contributed by atoms with Gasteiger partial charge in [0, 0.05) is 13.0 Å². The molecule has 2 aromatic carbocycles. The maximum atomic E-state index is 11.5. The van der Waals surface area contributed by atoms with Crippen molar-refractivity contribution in [3.05, 3.63) is 95.9 Å². The fraction of sp³-hybridized carbons (Fsp3) is 0.261. The van der Waals surface area contributed by atoms with E-state index in [9.17, 15) is 5.11 Å². The van der Waals surface area contributed by atoms with E-state index in [4.69, 9.17) is 4.42 Å². The van der Waals surface area contributed by atoms with E-state index in [1.165, 1.54) is 0 Å². The number of nitrogens with zero attached hydrogens (tertiary/aromatic N) is 1. The van der Waals surface area contributed by atoms with Crippen LogP contribution in [0.5, 0.6) is 0 Å². The smallest absolute Gasteiger partial charge is 0.191 e. The lowest BCUT2D eigenvalue weighted by Crippen LogP contribution is -2.46. The van der Waals surface area contributed by atoms with E-state index < -0.39 is 5.60 Å². The van der Waals surface area contributed by atoms with Crippen LogP contribution in [0.15, 0.2) is 88.5 Å². The number of guanidine groups is 1. The Morgan fingerprint density at radius 1 is 0.966 bits per heavy atom. The van der Waals surface area contributed by atoms with Crippen molar-refractivity contribution in [3.8, 4) is 0 Å². The van der Waals surface area contributed by atoms with Crippen molar-refractivity contribution in [2.24, 2.45) is 4.99 Å².